The fourth-order valence-electron chi connectivity index (χ4n) is 4.95. The molecule has 0 saturated carbocycles. The van der Waals surface area contributed by atoms with Gasteiger partial charge >= 0.3 is 6.09 Å². The van der Waals surface area contributed by atoms with Gasteiger partial charge in [0.15, 0.2) is 17.7 Å². The Bertz CT molecular complexity index is 1550. The molecule has 0 bridgehead atoms. The lowest BCUT2D eigenvalue weighted by atomic mass is 10.0. The van der Waals surface area contributed by atoms with Crippen molar-refractivity contribution in [2.45, 2.75) is 56.8 Å². The fourth-order valence-corrected chi connectivity index (χ4v) is 6.57. The molecule has 3 aromatic rings. The van der Waals surface area contributed by atoms with Crippen LogP contribution in [0.25, 0.3) is 0 Å². The minimum Gasteiger partial charge on any atom is -0.434 e. The van der Waals surface area contributed by atoms with E-state index in [-0.39, 0.29) is 42.6 Å². The molecule has 9 nitrogen and oxygen atoms in total. The number of hydrogen-bond acceptors (Lipinski definition) is 6. The molecule has 3 atom stereocenters. The highest BCUT2D eigenvalue weighted by Gasteiger charge is 2.39. The van der Waals surface area contributed by atoms with Crippen molar-refractivity contribution in [2.24, 2.45) is 5.92 Å². The smallest absolute Gasteiger partial charge is 0.415 e. The Morgan fingerprint density at radius 3 is 2.32 bits per heavy atom. The van der Waals surface area contributed by atoms with Crippen LogP contribution in [0, 0.1) is 17.6 Å². The first-order valence-electron chi connectivity index (χ1n) is 14.4. The minimum atomic E-state index is -3.99. The Labute approximate surface area is 256 Å². The number of carbonyl (C=O) groups excluding carboxylic acids is 2. The lowest BCUT2D eigenvalue weighted by molar-refractivity contribution is -0.129. The topological polar surface area (TPSA) is 116 Å². The summed E-state index contributed by atoms with van der Waals surface area (Å²) in [7, 11) is -3.99. The van der Waals surface area contributed by atoms with Gasteiger partial charge in [0.25, 0.3) is 5.91 Å². The van der Waals surface area contributed by atoms with Gasteiger partial charge in [-0.1, -0.05) is 63.2 Å². The van der Waals surface area contributed by atoms with Crippen molar-refractivity contribution < 1.29 is 36.6 Å². The highest BCUT2D eigenvalue weighted by atomic mass is 32.2. The summed E-state index contributed by atoms with van der Waals surface area (Å²) in [6, 6.07) is 17.6. The van der Waals surface area contributed by atoms with E-state index in [1.807, 2.05) is 39.0 Å². The van der Waals surface area contributed by atoms with E-state index in [1.165, 1.54) is 10.4 Å². The second-order valence-corrected chi connectivity index (χ2v) is 13.1. The van der Waals surface area contributed by atoms with Gasteiger partial charge in [-0.2, -0.15) is 4.31 Å². The first-order valence-corrected chi connectivity index (χ1v) is 15.9. The van der Waals surface area contributed by atoms with E-state index in [9.17, 15) is 31.9 Å². The van der Waals surface area contributed by atoms with Crippen LogP contribution in [0.1, 0.15) is 31.9 Å². The van der Waals surface area contributed by atoms with Crippen molar-refractivity contribution in [1.29, 1.82) is 0 Å². The zero-order valence-electron chi connectivity index (χ0n) is 24.8. The van der Waals surface area contributed by atoms with Gasteiger partial charge in [0.05, 0.1) is 29.3 Å². The van der Waals surface area contributed by atoms with Gasteiger partial charge in [-0.05, 0) is 54.2 Å². The van der Waals surface area contributed by atoms with E-state index in [2.05, 4.69) is 5.32 Å². The van der Waals surface area contributed by atoms with Gasteiger partial charge in [0, 0.05) is 19.2 Å². The van der Waals surface area contributed by atoms with Gasteiger partial charge in [0.2, 0.25) is 10.0 Å². The number of benzene rings is 3. The summed E-state index contributed by atoms with van der Waals surface area (Å²) in [5.74, 6) is -3.03. The number of aryl methyl sites for hydroxylation is 1. The second-order valence-electron chi connectivity index (χ2n) is 11.2. The number of aliphatic hydroxyl groups is 1. The standard InChI is InChI=1S/C32H37F2N3O6S/c1-4-22-10-13-25(14-11-22)44(41,42)36(18-21(2)3)19-29(38)28(16-23-8-6-5-7-9-23)35-31(39)30-20-37(32(40)43-30)24-12-15-26(33)27(34)17-24/h5-15,17,21,28-30,38H,4,16,18-20H2,1-3H3,(H,35,39)/t28-,29+,30-/m0/s1. The van der Waals surface area contributed by atoms with E-state index in [1.54, 1.807) is 36.4 Å². The average Bonchev–Trinajstić information content (AvgIpc) is 3.39. The highest BCUT2D eigenvalue weighted by molar-refractivity contribution is 7.89. The van der Waals surface area contributed by atoms with Crippen LogP contribution in [0.15, 0.2) is 77.7 Å². The highest BCUT2D eigenvalue weighted by Crippen LogP contribution is 2.24. The summed E-state index contributed by atoms with van der Waals surface area (Å²) in [4.78, 5) is 27.0. The van der Waals surface area contributed by atoms with Crippen LogP contribution in [0.3, 0.4) is 0 Å². The van der Waals surface area contributed by atoms with E-state index in [0.29, 0.717) is 0 Å². The SMILES string of the molecule is CCc1ccc(S(=O)(=O)N(CC(C)C)C[C@@H](O)[C@H](Cc2ccccc2)NC(=O)[C@@H]2CN(c3ccc(F)c(F)c3)C(=O)O2)cc1. The van der Waals surface area contributed by atoms with Crippen LogP contribution >= 0.6 is 0 Å². The average molecular weight is 630 g/mol. The van der Waals surface area contributed by atoms with Crippen LogP contribution in [0.5, 0.6) is 0 Å². The van der Waals surface area contributed by atoms with Gasteiger partial charge in [0.1, 0.15) is 0 Å². The van der Waals surface area contributed by atoms with Gasteiger partial charge in [-0.3, -0.25) is 9.69 Å². The number of anilines is 1. The van der Waals surface area contributed by atoms with Crippen molar-refractivity contribution in [3.8, 4) is 0 Å². The maximum atomic E-state index is 13.8. The molecule has 0 spiro atoms. The quantitative estimate of drug-likeness (QED) is 0.292. The number of ether oxygens (including phenoxy) is 1. The number of nitrogens with one attached hydrogen (secondary N) is 1. The maximum absolute atomic E-state index is 13.8. The zero-order valence-corrected chi connectivity index (χ0v) is 25.6. The number of carbonyl (C=O) groups is 2. The second kappa shape index (κ2) is 14.3. The van der Waals surface area contributed by atoms with Crippen LogP contribution in [0.4, 0.5) is 19.3 Å². The fraction of sp³-hybridized carbons (Fsp3) is 0.375. The molecule has 236 valence electrons. The summed E-state index contributed by atoms with van der Waals surface area (Å²) >= 11 is 0. The van der Waals surface area contributed by atoms with Gasteiger partial charge in [-0.15, -0.1) is 0 Å². The predicted molar refractivity (Wildman–Crippen MR) is 161 cm³/mol. The predicted octanol–water partition coefficient (Wildman–Crippen LogP) is 4.29. The Morgan fingerprint density at radius 2 is 1.70 bits per heavy atom. The first kappa shape index (κ1) is 33.0. The van der Waals surface area contributed by atoms with Crippen molar-refractivity contribution in [3.63, 3.8) is 0 Å². The maximum Gasteiger partial charge on any atom is 0.415 e. The molecule has 12 heteroatoms. The molecular weight excluding hydrogens is 592 g/mol. The minimum absolute atomic E-state index is 0.0200. The van der Waals surface area contributed by atoms with Crippen LogP contribution in [0.2, 0.25) is 0 Å². The Morgan fingerprint density at radius 1 is 1.02 bits per heavy atom. The van der Waals surface area contributed by atoms with Crippen molar-refractivity contribution >= 4 is 27.7 Å². The van der Waals surface area contributed by atoms with Crippen molar-refractivity contribution in [1.82, 2.24) is 9.62 Å². The van der Waals surface area contributed by atoms with Crippen molar-refractivity contribution in [3.05, 3.63) is 95.6 Å². The molecule has 1 fully saturated rings. The molecular formula is C32H37F2N3O6S. The molecule has 0 aliphatic carbocycles. The van der Waals surface area contributed by atoms with E-state index >= 15 is 0 Å². The first-order chi connectivity index (χ1) is 20.9. The Balaban J connectivity index is 1.55. The molecule has 1 aliphatic rings. The van der Waals surface area contributed by atoms with E-state index < -0.39 is 51.9 Å². The summed E-state index contributed by atoms with van der Waals surface area (Å²) < 4.78 is 61.0. The molecule has 0 unspecified atom stereocenters. The van der Waals surface area contributed by atoms with Crippen LogP contribution < -0.4 is 10.2 Å². The summed E-state index contributed by atoms with van der Waals surface area (Å²) in [6.07, 6.45) is -2.66. The number of halogens is 2. The normalized spacial score (nSPS) is 16.7. The molecule has 1 saturated heterocycles. The van der Waals surface area contributed by atoms with Gasteiger partial charge in [-0.25, -0.2) is 22.0 Å². The molecule has 1 heterocycles. The Hall–Kier alpha value is -3.87. The van der Waals surface area contributed by atoms with E-state index in [4.69, 9.17) is 4.74 Å². The molecule has 0 aromatic heterocycles. The number of hydrogen-bond donors (Lipinski definition) is 2. The lowest BCUT2D eigenvalue weighted by Gasteiger charge is -2.31. The third-order valence-corrected chi connectivity index (χ3v) is 9.18. The molecule has 2 N–H and O–H groups in total. The third kappa shape index (κ3) is 7.99. The van der Waals surface area contributed by atoms with Crippen LogP contribution in [-0.2, 0) is 32.4 Å². The number of aliphatic hydroxyl groups excluding tert-OH is 1. The summed E-state index contributed by atoms with van der Waals surface area (Å²) in [5.41, 5.74) is 1.78. The third-order valence-electron chi connectivity index (χ3n) is 7.34. The Kier molecular flexibility index (Phi) is 10.7. The molecule has 3 aromatic carbocycles. The number of cyclic esters (lactones) is 1. The zero-order chi connectivity index (χ0) is 32.0. The van der Waals surface area contributed by atoms with E-state index in [0.717, 1.165) is 34.6 Å². The summed E-state index contributed by atoms with van der Waals surface area (Å²) in [5, 5.41) is 14.2. The number of amides is 2. The largest absolute Gasteiger partial charge is 0.434 e. The molecule has 2 amide bonds. The number of rotatable bonds is 13. The monoisotopic (exact) mass is 629 g/mol. The van der Waals surface area contributed by atoms with Gasteiger partial charge < -0.3 is 15.2 Å². The molecule has 4 rings (SSSR count). The number of nitrogens with zero attached hydrogens (tertiary/aromatic N) is 2. The van der Waals surface area contributed by atoms with Crippen LogP contribution in [-0.4, -0.2) is 67.7 Å². The molecule has 44 heavy (non-hydrogen) atoms. The molecule has 1 aliphatic heterocycles. The lowest BCUT2D eigenvalue weighted by Crippen LogP contribution is -2.53. The summed E-state index contributed by atoms with van der Waals surface area (Å²) in [6.45, 7) is 5.25. The van der Waals surface area contributed by atoms with Crippen molar-refractivity contribution in [2.75, 3.05) is 24.5 Å². The molecule has 0 radical (unpaired) electrons. The number of sulfonamides is 1.